The summed E-state index contributed by atoms with van der Waals surface area (Å²) >= 11 is 0. The van der Waals surface area contributed by atoms with Gasteiger partial charge in [-0.1, -0.05) is 31.1 Å². The van der Waals surface area contributed by atoms with Crippen molar-refractivity contribution in [3.8, 4) is 0 Å². The highest BCUT2D eigenvalue weighted by molar-refractivity contribution is 7.90. The number of benzene rings is 1. The first kappa shape index (κ1) is 16.6. The van der Waals surface area contributed by atoms with Gasteiger partial charge in [0.1, 0.15) is 11.6 Å². The number of nitrogens with zero attached hydrogens (tertiary/aromatic N) is 2. The van der Waals surface area contributed by atoms with Crippen molar-refractivity contribution in [2.75, 3.05) is 0 Å². The molecule has 7 heteroatoms. The molecule has 22 heavy (non-hydrogen) atoms. The molecule has 0 fully saturated rings. The van der Waals surface area contributed by atoms with Crippen molar-refractivity contribution in [3.63, 3.8) is 0 Å². The van der Waals surface area contributed by atoms with E-state index in [2.05, 4.69) is 10.1 Å². The molecule has 2 rings (SSSR count). The first-order chi connectivity index (χ1) is 10.3. The van der Waals surface area contributed by atoms with Crippen LogP contribution in [0.3, 0.4) is 0 Å². The largest absolute Gasteiger partial charge is 0.339 e. The van der Waals surface area contributed by atoms with Gasteiger partial charge in [0.05, 0.1) is 5.25 Å². The predicted molar refractivity (Wildman–Crippen MR) is 80.3 cm³/mol. The van der Waals surface area contributed by atoms with Crippen LogP contribution >= 0.6 is 0 Å². The second-order valence-corrected chi connectivity index (χ2v) is 8.02. The Hall–Kier alpha value is -1.76. The normalized spacial score (nSPS) is 13.5. The van der Waals surface area contributed by atoms with Crippen LogP contribution in [0.5, 0.6) is 0 Å². The van der Waals surface area contributed by atoms with E-state index in [1.807, 2.05) is 13.8 Å². The zero-order chi connectivity index (χ0) is 16.3. The van der Waals surface area contributed by atoms with E-state index in [0.29, 0.717) is 23.8 Å². The molecular formula is C15H19FN2O3S. The number of sulfone groups is 1. The third-order valence-corrected chi connectivity index (χ3v) is 5.31. The molecule has 5 nitrogen and oxygen atoms in total. The molecule has 1 unspecified atom stereocenters. The average Bonchev–Trinajstić information content (AvgIpc) is 2.84. The summed E-state index contributed by atoms with van der Waals surface area (Å²) in [6.45, 7) is 5.59. The van der Waals surface area contributed by atoms with Crippen molar-refractivity contribution < 1.29 is 17.3 Å². The van der Waals surface area contributed by atoms with Gasteiger partial charge in [0.2, 0.25) is 5.89 Å². The van der Waals surface area contributed by atoms with Crippen molar-refractivity contribution in [1.82, 2.24) is 10.1 Å². The summed E-state index contributed by atoms with van der Waals surface area (Å²) in [5, 5.41) is 2.96. The van der Waals surface area contributed by atoms with Gasteiger partial charge >= 0.3 is 0 Å². The Balaban J connectivity index is 2.13. The van der Waals surface area contributed by atoms with Crippen LogP contribution in [0, 0.1) is 11.7 Å². The van der Waals surface area contributed by atoms with Crippen molar-refractivity contribution in [2.24, 2.45) is 5.92 Å². The SMILES string of the molecule is CC(C)Cc1nc(CS(=O)(=O)C(C)c2ccc(F)cc2)no1. The first-order valence-corrected chi connectivity index (χ1v) is 8.78. The fourth-order valence-corrected chi connectivity index (χ4v) is 3.33. The second kappa shape index (κ2) is 6.56. The van der Waals surface area contributed by atoms with Gasteiger partial charge in [-0.15, -0.1) is 0 Å². The van der Waals surface area contributed by atoms with E-state index in [4.69, 9.17) is 4.52 Å². The summed E-state index contributed by atoms with van der Waals surface area (Å²) in [7, 11) is -3.50. The van der Waals surface area contributed by atoms with Gasteiger partial charge in [-0.05, 0) is 30.5 Å². The van der Waals surface area contributed by atoms with Gasteiger partial charge in [-0.25, -0.2) is 12.8 Å². The molecule has 1 aromatic heterocycles. The zero-order valence-electron chi connectivity index (χ0n) is 12.8. The van der Waals surface area contributed by atoms with Crippen LogP contribution in [-0.4, -0.2) is 18.6 Å². The Morgan fingerprint density at radius 2 is 1.82 bits per heavy atom. The van der Waals surface area contributed by atoms with E-state index >= 15 is 0 Å². The van der Waals surface area contributed by atoms with Crippen LogP contribution in [0.25, 0.3) is 0 Å². The van der Waals surface area contributed by atoms with Crippen LogP contribution < -0.4 is 0 Å². The quantitative estimate of drug-likeness (QED) is 0.815. The summed E-state index contributed by atoms with van der Waals surface area (Å²) in [5.74, 6) is 0.250. The van der Waals surface area contributed by atoms with E-state index in [-0.39, 0.29) is 11.6 Å². The Bertz CT molecular complexity index is 724. The van der Waals surface area contributed by atoms with E-state index in [1.165, 1.54) is 24.3 Å². The third kappa shape index (κ3) is 4.13. The van der Waals surface area contributed by atoms with Gasteiger partial charge < -0.3 is 4.52 Å². The topological polar surface area (TPSA) is 73.1 Å². The van der Waals surface area contributed by atoms with Crippen LogP contribution in [0.15, 0.2) is 28.8 Å². The maximum atomic E-state index is 12.9. The monoisotopic (exact) mass is 326 g/mol. The highest BCUT2D eigenvalue weighted by Gasteiger charge is 2.25. The first-order valence-electron chi connectivity index (χ1n) is 7.06. The third-order valence-electron chi connectivity index (χ3n) is 3.30. The summed E-state index contributed by atoms with van der Waals surface area (Å²) in [6, 6.07) is 5.43. The van der Waals surface area contributed by atoms with Crippen molar-refractivity contribution in [1.29, 1.82) is 0 Å². The fraction of sp³-hybridized carbons (Fsp3) is 0.467. The lowest BCUT2D eigenvalue weighted by atomic mass is 10.1. The molecule has 0 aliphatic rings. The van der Waals surface area contributed by atoms with E-state index in [9.17, 15) is 12.8 Å². The van der Waals surface area contributed by atoms with Crippen LogP contribution in [-0.2, 0) is 22.0 Å². The average molecular weight is 326 g/mol. The molecule has 1 aromatic carbocycles. The Kier molecular flexibility index (Phi) is 4.95. The minimum atomic E-state index is -3.50. The molecule has 0 aliphatic carbocycles. The highest BCUT2D eigenvalue weighted by Crippen LogP contribution is 2.24. The summed E-state index contributed by atoms with van der Waals surface area (Å²) < 4.78 is 42.8. The van der Waals surface area contributed by atoms with E-state index in [0.717, 1.165) is 0 Å². The molecule has 0 radical (unpaired) electrons. The molecule has 0 aliphatic heterocycles. The van der Waals surface area contributed by atoms with Crippen LogP contribution in [0.2, 0.25) is 0 Å². The van der Waals surface area contributed by atoms with Crippen LogP contribution in [0.4, 0.5) is 4.39 Å². The highest BCUT2D eigenvalue weighted by atomic mass is 32.2. The number of hydrogen-bond acceptors (Lipinski definition) is 5. The minimum Gasteiger partial charge on any atom is -0.339 e. The van der Waals surface area contributed by atoms with E-state index in [1.54, 1.807) is 6.92 Å². The standard InChI is InChI=1S/C15H19FN2O3S/c1-10(2)8-15-17-14(18-21-15)9-22(19,20)11(3)12-4-6-13(16)7-5-12/h4-7,10-11H,8-9H2,1-3H3. The molecule has 0 amide bonds. The van der Waals surface area contributed by atoms with Crippen molar-refractivity contribution in [3.05, 3.63) is 47.4 Å². The second-order valence-electron chi connectivity index (χ2n) is 5.70. The van der Waals surface area contributed by atoms with Crippen molar-refractivity contribution in [2.45, 2.75) is 38.2 Å². The maximum absolute atomic E-state index is 12.9. The molecule has 0 saturated carbocycles. The Labute approximate surface area is 129 Å². The van der Waals surface area contributed by atoms with Crippen molar-refractivity contribution >= 4 is 9.84 Å². The number of halogens is 1. The summed E-state index contributed by atoms with van der Waals surface area (Å²) in [6.07, 6.45) is 0.612. The molecule has 0 bridgehead atoms. The van der Waals surface area contributed by atoms with Gasteiger partial charge in [0, 0.05) is 6.42 Å². The molecule has 0 spiro atoms. The van der Waals surface area contributed by atoms with Gasteiger partial charge in [-0.3, -0.25) is 0 Å². The zero-order valence-corrected chi connectivity index (χ0v) is 13.6. The molecule has 0 N–H and O–H groups in total. The predicted octanol–water partition coefficient (Wildman–Crippen LogP) is 3.08. The van der Waals surface area contributed by atoms with Crippen LogP contribution in [0.1, 0.15) is 43.3 Å². The summed E-state index contributed by atoms with van der Waals surface area (Å²) in [4.78, 5) is 4.11. The molecule has 120 valence electrons. The van der Waals surface area contributed by atoms with Gasteiger partial charge in [0.15, 0.2) is 15.7 Å². The lowest BCUT2D eigenvalue weighted by Crippen LogP contribution is -2.13. The molecular weight excluding hydrogens is 307 g/mol. The number of aromatic nitrogens is 2. The molecule has 0 saturated heterocycles. The smallest absolute Gasteiger partial charge is 0.226 e. The fourth-order valence-electron chi connectivity index (χ4n) is 2.03. The van der Waals surface area contributed by atoms with Gasteiger partial charge in [-0.2, -0.15) is 4.98 Å². The maximum Gasteiger partial charge on any atom is 0.226 e. The Morgan fingerprint density at radius 3 is 2.41 bits per heavy atom. The summed E-state index contributed by atoms with van der Waals surface area (Å²) in [5.41, 5.74) is 0.535. The Morgan fingerprint density at radius 1 is 1.18 bits per heavy atom. The lowest BCUT2D eigenvalue weighted by Gasteiger charge is -2.11. The molecule has 2 aromatic rings. The number of hydrogen-bond donors (Lipinski definition) is 0. The van der Waals surface area contributed by atoms with Gasteiger partial charge in [0.25, 0.3) is 0 Å². The lowest BCUT2D eigenvalue weighted by molar-refractivity contribution is 0.359. The van der Waals surface area contributed by atoms with E-state index < -0.39 is 20.9 Å². The number of rotatable bonds is 6. The molecule has 1 atom stereocenters. The molecule has 1 heterocycles. The minimum absolute atomic E-state index is 0.157.